The molecule has 1 aromatic heterocycles. The minimum absolute atomic E-state index is 0.239. The van der Waals surface area contributed by atoms with E-state index in [9.17, 15) is 5.26 Å². The quantitative estimate of drug-likeness (QED) is 0.888. The third-order valence-corrected chi connectivity index (χ3v) is 6.93. The van der Waals surface area contributed by atoms with E-state index in [1.807, 2.05) is 0 Å². The van der Waals surface area contributed by atoms with E-state index >= 15 is 0 Å². The number of halogens is 1. The third-order valence-electron chi connectivity index (χ3n) is 4.81. The zero-order valence-corrected chi connectivity index (χ0v) is 15.0. The molecular weight excluding hydrogens is 336 g/mol. The average molecular weight is 357 g/mol. The summed E-state index contributed by atoms with van der Waals surface area (Å²) in [6.45, 7) is 3.26. The zero-order chi connectivity index (χ0) is 15.4. The molecule has 2 aliphatic rings. The van der Waals surface area contributed by atoms with Gasteiger partial charge in [-0.2, -0.15) is 21.4 Å². The van der Waals surface area contributed by atoms with Crippen molar-refractivity contribution < 1.29 is 0 Å². The summed E-state index contributed by atoms with van der Waals surface area (Å²) in [4.78, 5) is 2.68. The monoisotopic (exact) mass is 356 g/mol. The lowest BCUT2D eigenvalue weighted by Crippen LogP contribution is -2.57. The van der Waals surface area contributed by atoms with E-state index in [-0.39, 0.29) is 5.54 Å². The fraction of sp³-hybridized carbons (Fsp3) is 0.733. The summed E-state index contributed by atoms with van der Waals surface area (Å²) in [5, 5.41) is 13.9. The Bertz CT molecular complexity index is 542. The maximum Gasteiger partial charge on any atom is 0.162 e. The standard InChI is InChI=1S/C15H21ClN4S2/c16-13-12(10-17)14(22-19-13)18-11-15(4-2-1-3-5-15)20-6-8-21-9-7-20/h18H,1-9,11H2. The number of hydrogen-bond donors (Lipinski definition) is 1. The Hall–Kier alpha value is -0.480. The Kier molecular flexibility index (Phi) is 5.50. The van der Waals surface area contributed by atoms with E-state index in [1.54, 1.807) is 0 Å². The van der Waals surface area contributed by atoms with E-state index in [4.69, 9.17) is 11.6 Å². The molecule has 2 fully saturated rings. The molecule has 120 valence electrons. The molecule has 4 nitrogen and oxygen atoms in total. The maximum absolute atomic E-state index is 9.22. The van der Waals surface area contributed by atoms with Crippen LogP contribution in [0.15, 0.2) is 0 Å². The molecule has 1 N–H and O–H groups in total. The van der Waals surface area contributed by atoms with Gasteiger partial charge in [-0.25, -0.2) is 0 Å². The second kappa shape index (κ2) is 7.39. The molecule has 0 spiro atoms. The van der Waals surface area contributed by atoms with Crippen molar-refractivity contribution in [2.75, 3.05) is 36.5 Å². The maximum atomic E-state index is 9.22. The third kappa shape index (κ3) is 3.38. The molecule has 0 bridgehead atoms. The summed E-state index contributed by atoms with van der Waals surface area (Å²) in [6, 6.07) is 2.16. The van der Waals surface area contributed by atoms with Crippen molar-refractivity contribution in [3.63, 3.8) is 0 Å². The van der Waals surface area contributed by atoms with Crippen LogP contribution in [0, 0.1) is 11.3 Å². The highest BCUT2D eigenvalue weighted by Gasteiger charge is 2.38. The Morgan fingerprint density at radius 1 is 1.27 bits per heavy atom. The van der Waals surface area contributed by atoms with Gasteiger partial charge in [-0.15, -0.1) is 0 Å². The fourth-order valence-electron chi connectivity index (χ4n) is 3.59. The van der Waals surface area contributed by atoms with Gasteiger partial charge >= 0.3 is 0 Å². The van der Waals surface area contributed by atoms with Crippen molar-refractivity contribution in [1.82, 2.24) is 9.27 Å². The van der Waals surface area contributed by atoms with E-state index in [2.05, 4.69) is 32.4 Å². The number of aromatic nitrogens is 1. The minimum atomic E-state index is 0.239. The fourth-order valence-corrected chi connectivity index (χ4v) is 5.42. The number of rotatable bonds is 4. The molecule has 22 heavy (non-hydrogen) atoms. The lowest BCUT2D eigenvalue weighted by atomic mass is 9.80. The van der Waals surface area contributed by atoms with E-state index in [0.29, 0.717) is 10.7 Å². The number of thioether (sulfide) groups is 1. The molecule has 1 saturated carbocycles. The number of anilines is 1. The molecule has 3 rings (SSSR count). The highest BCUT2D eigenvalue weighted by molar-refractivity contribution is 7.99. The van der Waals surface area contributed by atoms with Gasteiger partial charge < -0.3 is 5.32 Å². The number of nitriles is 1. The smallest absolute Gasteiger partial charge is 0.162 e. The topological polar surface area (TPSA) is 52.0 Å². The average Bonchev–Trinajstić information content (AvgIpc) is 2.94. The summed E-state index contributed by atoms with van der Waals surface area (Å²) in [6.07, 6.45) is 6.46. The molecule has 7 heteroatoms. The van der Waals surface area contributed by atoms with Crippen LogP contribution < -0.4 is 5.32 Å². The van der Waals surface area contributed by atoms with Crippen molar-refractivity contribution >= 4 is 39.9 Å². The van der Waals surface area contributed by atoms with Crippen LogP contribution in [0.25, 0.3) is 0 Å². The van der Waals surface area contributed by atoms with Crippen molar-refractivity contribution in [3.05, 3.63) is 10.7 Å². The van der Waals surface area contributed by atoms with E-state index in [1.165, 1.54) is 68.2 Å². The number of nitrogens with one attached hydrogen (secondary N) is 1. The first-order chi connectivity index (χ1) is 10.7. The van der Waals surface area contributed by atoms with Gasteiger partial charge in [-0.3, -0.25) is 4.90 Å². The first-order valence-corrected chi connectivity index (χ1v) is 10.2. The van der Waals surface area contributed by atoms with Crippen LogP contribution in [0.1, 0.15) is 37.7 Å². The Labute approximate surface area is 145 Å². The largest absolute Gasteiger partial charge is 0.373 e. The Balaban J connectivity index is 1.74. The first kappa shape index (κ1) is 16.4. The summed E-state index contributed by atoms with van der Waals surface area (Å²) < 4.78 is 4.09. The predicted octanol–water partition coefficient (Wildman–Crippen LogP) is 3.83. The van der Waals surface area contributed by atoms with Gasteiger partial charge in [-0.1, -0.05) is 30.9 Å². The molecule has 0 aromatic carbocycles. The number of hydrogen-bond acceptors (Lipinski definition) is 6. The SMILES string of the molecule is N#Cc1c(Cl)nsc1NCC1(N2CCSCC2)CCCCC1. The van der Waals surface area contributed by atoms with Crippen molar-refractivity contribution in [2.24, 2.45) is 0 Å². The zero-order valence-electron chi connectivity index (χ0n) is 12.6. The van der Waals surface area contributed by atoms with Crippen molar-refractivity contribution in [2.45, 2.75) is 37.6 Å². The molecule has 1 aliphatic heterocycles. The molecule has 0 radical (unpaired) electrons. The molecule has 1 aliphatic carbocycles. The second-order valence-corrected chi connectivity index (χ2v) is 8.38. The molecule has 1 saturated heterocycles. The van der Waals surface area contributed by atoms with Gasteiger partial charge in [0.2, 0.25) is 0 Å². The summed E-state index contributed by atoms with van der Waals surface area (Å²) >= 11 is 9.32. The van der Waals surface area contributed by atoms with Crippen LogP contribution in [-0.2, 0) is 0 Å². The predicted molar refractivity (Wildman–Crippen MR) is 95.0 cm³/mol. The minimum Gasteiger partial charge on any atom is -0.373 e. The van der Waals surface area contributed by atoms with Gasteiger partial charge in [0, 0.05) is 36.7 Å². The van der Waals surface area contributed by atoms with Gasteiger partial charge in [0.15, 0.2) is 5.15 Å². The molecule has 0 amide bonds. The van der Waals surface area contributed by atoms with Crippen LogP contribution in [0.3, 0.4) is 0 Å². The number of nitrogens with zero attached hydrogens (tertiary/aromatic N) is 3. The molecule has 1 aromatic rings. The van der Waals surface area contributed by atoms with Gasteiger partial charge in [0.1, 0.15) is 16.6 Å². The molecule has 0 unspecified atom stereocenters. The second-order valence-electron chi connectivity index (χ2n) is 6.03. The Morgan fingerprint density at radius 2 is 2.00 bits per heavy atom. The molecule has 0 atom stereocenters. The van der Waals surface area contributed by atoms with Crippen LogP contribution in [-0.4, -0.2) is 46.0 Å². The van der Waals surface area contributed by atoms with Gasteiger partial charge in [0.25, 0.3) is 0 Å². The summed E-state index contributed by atoms with van der Waals surface area (Å²) in [5.41, 5.74) is 0.731. The van der Waals surface area contributed by atoms with E-state index in [0.717, 1.165) is 11.5 Å². The van der Waals surface area contributed by atoms with Gasteiger partial charge in [-0.05, 0) is 24.4 Å². The highest BCUT2D eigenvalue weighted by atomic mass is 35.5. The lowest BCUT2D eigenvalue weighted by Gasteiger charge is -2.48. The summed E-state index contributed by atoms with van der Waals surface area (Å²) in [7, 11) is 0. The molecule has 2 heterocycles. The van der Waals surface area contributed by atoms with Crippen LogP contribution in [0.2, 0.25) is 5.15 Å². The van der Waals surface area contributed by atoms with Crippen molar-refractivity contribution in [1.29, 1.82) is 5.26 Å². The van der Waals surface area contributed by atoms with Crippen LogP contribution in [0.4, 0.5) is 5.00 Å². The normalized spacial score (nSPS) is 22.2. The molecular formula is C15H21ClN4S2. The first-order valence-electron chi connectivity index (χ1n) is 7.87. The van der Waals surface area contributed by atoms with Crippen LogP contribution >= 0.6 is 34.9 Å². The van der Waals surface area contributed by atoms with Gasteiger partial charge in [0.05, 0.1) is 0 Å². The highest BCUT2D eigenvalue weighted by Crippen LogP contribution is 2.36. The lowest BCUT2D eigenvalue weighted by molar-refractivity contribution is 0.0707. The van der Waals surface area contributed by atoms with E-state index < -0.39 is 0 Å². The summed E-state index contributed by atoms with van der Waals surface area (Å²) in [5.74, 6) is 2.47. The van der Waals surface area contributed by atoms with Crippen molar-refractivity contribution in [3.8, 4) is 6.07 Å². The Morgan fingerprint density at radius 3 is 2.68 bits per heavy atom. The van der Waals surface area contributed by atoms with Crippen LogP contribution in [0.5, 0.6) is 0 Å².